The Balaban J connectivity index is 1.84. The molecule has 0 radical (unpaired) electrons. The van der Waals surface area contributed by atoms with E-state index in [-0.39, 0.29) is 6.04 Å². The summed E-state index contributed by atoms with van der Waals surface area (Å²) >= 11 is 1.44. The van der Waals surface area contributed by atoms with Crippen LogP contribution in [0.5, 0.6) is 0 Å². The number of fused-ring (bicyclic) bond motifs is 1. The molecule has 1 aliphatic rings. The first kappa shape index (κ1) is 14.5. The molecule has 1 aliphatic heterocycles. The second kappa shape index (κ2) is 5.75. The first-order valence-electron chi connectivity index (χ1n) is 6.85. The van der Waals surface area contributed by atoms with Crippen LogP contribution in [0.4, 0.5) is 5.69 Å². The quantitative estimate of drug-likeness (QED) is 0.907. The van der Waals surface area contributed by atoms with Crippen LogP contribution in [0.25, 0.3) is 0 Å². The van der Waals surface area contributed by atoms with Gasteiger partial charge in [0.15, 0.2) is 0 Å². The standard InChI is InChI=1S/C14H17N3O2S2/c1-10(14-16-7-8-20-14)17-21(18,19)12-4-5-13-11(9-12)3-2-6-15-13/h4-5,7-10,15,17H,2-3,6H2,1H3. The number of sulfonamides is 1. The molecular weight excluding hydrogens is 306 g/mol. The monoisotopic (exact) mass is 323 g/mol. The van der Waals surface area contributed by atoms with E-state index in [0.717, 1.165) is 35.6 Å². The number of thiazole rings is 1. The third-order valence-electron chi connectivity index (χ3n) is 3.48. The van der Waals surface area contributed by atoms with Crippen molar-refractivity contribution >= 4 is 27.0 Å². The van der Waals surface area contributed by atoms with Crippen LogP contribution in [0.1, 0.15) is 30.0 Å². The molecule has 7 heteroatoms. The molecule has 2 heterocycles. The first-order valence-corrected chi connectivity index (χ1v) is 9.21. The SMILES string of the molecule is CC(NS(=O)(=O)c1ccc2c(c1)CCCN2)c1nccs1. The van der Waals surface area contributed by atoms with Crippen LogP contribution in [0.2, 0.25) is 0 Å². The Bertz CT molecular complexity index is 727. The molecule has 1 atom stereocenters. The second-order valence-electron chi connectivity index (χ2n) is 5.06. The van der Waals surface area contributed by atoms with E-state index < -0.39 is 10.0 Å². The summed E-state index contributed by atoms with van der Waals surface area (Å²) in [6, 6.07) is 4.92. The van der Waals surface area contributed by atoms with Gasteiger partial charge in [0, 0.05) is 23.8 Å². The fourth-order valence-electron chi connectivity index (χ4n) is 2.42. The minimum atomic E-state index is -3.53. The second-order valence-corrected chi connectivity index (χ2v) is 7.70. The lowest BCUT2D eigenvalue weighted by Crippen LogP contribution is -2.27. The summed E-state index contributed by atoms with van der Waals surface area (Å²) in [6.45, 7) is 2.74. The third kappa shape index (κ3) is 3.09. The van der Waals surface area contributed by atoms with Crippen molar-refractivity contribution in [1.29, 1.82) is 0 Å². The molecule has 0 spiro atoms. The molecule has 0 amide bonds. The maximum Gasteiger partial charge on any atom is 0.241 e. The van der Waals surface area contributed by atoms with Crippen molar-refractivity contribution in [3.05, 3.63) is 40.3 Å². The van der Waals surface area contributed by atoms with Crippen LogP contribution < -0.4 is 10.0 Å². The summed E-state index contributed by atoms with van der Waals surface area (Å²) < 4.78 is 27.6. The smallest absolute Gasteiger partial charge is 0.241 e. The number of rotatable bonds is 4. The minimum Gasteiger partial charge on any atom is -0.385 e. The van der Waals surface area contributed by atoms with Gasteiger partial charge in [0.05, 0.1) is 10.9 Å². The molecule has 0 aliphatic carbocycles. The van der Waals surface area contributed by atoms with E-state index >= 15 is 0 Å². The lowest BCUT2D eigenvalue weighted by atomic mass is 10.0. The predicted octanol–water partition coefficient (Wildman–Crippen LogP) is 2.54. The maximum absolute atomic E-state index is 12.5. The Hall–Kier alpha value is -1.44. The van der Waals surface area contributed by atoms with E-state index in [1.54, 1.807) is 25.3 Å². The average Bonchev–Trinajstić information content (AvgIpc) is 3.00. The zero-order valence-corrected chi connectivity index (χ0v) is 13.3. The Kier molecular flexibility index (Phi) is 3.97. The number of aryl methyl sites for hydroxylation is 1. The van der Waals surface area contributed by atoms with Crippen molar-refractivity contribution in [3.8, 4) is 0 Å². The molecule has 1 aromatic carbocycles. The molecule has 1 aromatic heterocycles. The third-order valence-corrected chi connectivity index (χ3v) is 5.98. The molecule has 0 fully saturated rings. The normalized spacial score (nSPS) is 16.0. The molecule has 0 bridgehead atoms. The number of anilines is 1. The van der Waals surface area contributed by atoms with Gasteiger partial charge in [-0.25, -0.2) is 18.1 Å². The number of hydrogen-bond acceptors (Lipinski definition) is 5. The van der Waals surface area contributed by atoms with Gasteiger partial charge in [-0.3, -0.25) is 0 Å². The van der Waals surface area contributed by atoms with E-state index in [9.17, 15) is 8.42 Å². The lowest BCUT2D eigenvalue weighted by Gasteiger charge is -2.19. The molecule has 3 rings (SSSR count). The molecule has 112 valence electrons. The topological polar surface area (TPSA) is 71.1 Å². The summed E-state index contributed by atoms with van der Waals surface area (Å²) in [5.41, 5.74) is 2.10. The van der Waals surface area contributed by atoms with Crippen molar-refractivity contribution in [2.45, 2.75) is 30.7 Å². The molecule has 0 saturated carbocycles. The van der Waals surface area contributed by atoms with E-state index in [2.05, 4.69) is 15.0 Å². The van der Waals surface area contributed by atoms with Crippen LogP contribution in [-0.4, -0.2) is 19.9 Å². The van der Waals surface area contributed by atoms with Crippen molar-refractivity contribution in [2.24, 2.45) is 0 Å². The van der Waals surface area contributed by atoms with Crippen LogP contribution >= 0.6 is 11.3 Å². The zero-order chi connectivity index (χ0) is 14.9. The Morgan fingerprint density at radius 3 is 3.05 bits per heavy atom. The molecular formula is C14H17N3O2S2. The molecule has 2 aromatic rings. The van der Waals surface area contributed by atoms with Crippen LogP contribution in [0.3, 0.4) is 0 Å². The largest absolute Gasteiger partial charge is 0.385 e. The van der Waals surface area contributed by atoms with E-state index in [1.165, 1.54) is 11.3 Å². The highest BCUT2D eigenvalue weighted by Crippen LogP contribution is 2.26. The van der Waals surface area contributed by atoms with Gasteiger partial charge < -0.3 is 5.32 Å². The van der Waals surface area contributed by atoms with Gasteiger partial charge in [-0.05, 0) is 43.5 Å². The van der Waals surface area contributed by atoms with Crippen LogP contribution in [0.15, 0.2) is 34.7 Å². The van der Waals surface area contributed by atoms with Gasteiger partial charge in [-0.15, -0.1) is 11.3 Å². The number of aromatic nitrogens is 1. The summed E-state index contributed by atoms with van der Waals surface area (Å²) in [5.74, 6) is 0. The number of hydrogen-bond donors (Lipinski definition) is 2. The van der Waals surface area contributed by atoms with Gasteiger partial charge in [0.25, 0.3) is 0 Å². The fourth-order valence-corrected chi connectivity index (χ4v) is 4.40. The first-order chi connectivity index (χ1) is 10.1. The molecule has 1 unspecified atom stereocenters. The van der Waals surface area contributed by atoms with Crippen molar-refractivity contribution < 1.29 is 8.42 Å². The highest BCUT2D eigenvalue weighted by atomic mass is 32.2. The van der Waals surface area contributed by atoms with Crippen molar-refractivity contribution in [3.63, 3.8) is 0 Å². The fraction of sp³-hybridized carbons (Fsp3) is 0.357. The highest BCUT2D eigenvalue weighted by molar-refractivity contribution is 7.89. The van der Waals surface area contributed by atoms with E-state index in [0.29, 0.717) is 4.90 Å². The predicted molar refractivity (Wildman–Crippen MR) is 84.1 cm³/mol. The van der Waals surface area contributed by atoms with E-state index in [4.69, 9.17) is 0 Å². The summed E-state index contributed by atoms with van der Waals surface area (Å²) in [7, 11) is -3.53. The molecule has 21 heavy (non-hydrogen) atoms. The van der Waals surface area contributed by atoms with Gasteiger partial charge in [-0.1, -0.05) is 0 Å². The van der Waals surface area contributed by atoms with Crippen molar-refractivity contribution in [2.75, 3.05) is 11.9 Å². The van der Waals surface area contributed by atoms with Gasteiger partial charge in [0.1, 0.15) is 5.01 Å². The van der Waals surface area contributed by atoms with Crippen molar-refractivity contribution in [1.82, 2.24) is 9.71 Å². The highest BCUT2D eigenvalue weighted by Gasteiger charge is 2.21. The summed E-state index contributed by atoms with van der Waals surface area (Å²) in [6.07, 6.45) is 3.61. The maximum atomic E-state index is 12.5. The van der Waals surface area contributed by atoms with Crippen LogP contribution in [-0.2, 0) is 16.4 Å². The van der Waals surface area contributed by atoms with Gasteiger partial charge >= 0.3 is 0 Å². The van der Waals surface area contributed by atoms with E-state index in [1.807, 2.05) is 11.4 Å². The minimum absolute atomic E-state index is 0.313. The molecule has 5 nitrogen and oxygen atoms in total. The number of benzene rings is 1. The molecule has 2 N–H and O–H groups in total. The zero-order valence-electron chi connectivity index (χ0n) is 11.7. The molecule has 0 saturated heterocycles. The van der Waals surface area contributed by atoms with Crippen LogP contribution in [0, 0.1) is 0 Å². The van der Waals surface area contributed by atoms with Gasteiger partial charge in [-0.2, -0.15) is 0 Å². The summed E-state index contributed by atoms with van der Waals surface area (Å²) in [5, 5.41) is 5.88. The Morgan fingerprint density at radius 2 is 2.29 bits per heavy atom. The number of nitrogens with zero attached hydrogens (tertiary/aromatic N) is 1. The summed E-state index contributed by atoms with van der Waals surface area (Å²) in [4.78, 5) is 4.46. The Labute approximate surface area is 128 Å². The lowest BCUT2D eigenvalue weighted by molar-refractivity contribution is 0.566. The number of nitrogens with one attached hydrogen (secondary N) is 2. The Morgan fingerprint density at radius 1 is 1.43 bits per heavy atom. The average molecular weight is 323 g/mol. The van der Waals surface area contributed by atoms with Gasteiger partial charge in [0.2, 0.25) is 10.0 Å².